The number of rotatable bonds is 3. The molecule has 6 rings (SSSR count). The van der Waals surface area contributed by atoms with Gasteiger partial charge in [-0.2, -0.15) is 0 Å². The number of amides is 1. The average molecular weight is 341 g/mol. The molecule has 1 aliphatic heterocycles. The van der Waals surface area contributed by atoms with Crippen molar-refractivity contribution in [1.82, 2.24) is 14.9 Å². The molecule has 0 spiro atoms. The van der Waals surface area contributed by atoms with E-state index in [4.69, 9.17) is 4.74 Å². The summed E-state index contributed by atoms with van der Waals surface area (Å²) in [5, 5.41) is 0. The zero-order valence-electron chi connectivity index (χ0n) is 14.8. The van der Waals surface area contributed by atoms with Crippen molar-refractivity contribution in [2.45, 2.75) is 57.5 Å². The molecular formula is C20H27N3O2. The molecule has 5 aliphatic rings. The van der Waals surface area contributed by atoms with Gasteiger partial charge in [-0.3, -0.25) is 4.79 Å². The van der Waals surface area contributed by atoms with Crippen LogP contribution in [-0.4, -0.2) is 40.0 Å². The minimum Gasteiger partial charge on any atom is -0.474 e. The number of carbonyl (C=O) groups excluding carboxylic acids is 1. The first-order valence-corrected chi connectivity index (χ1v) is 9.92. The molecule has 0 aromatic carbocycles. The number of hydrogen-bond acceptors (Lipinski definition) is 4. The van der Waals surface area contributed by atoms with Gasteiger partial charge in [-0.25, -0.2) is 9.97 Å². The van der Waals surface area contributed by atoms with Crippen LogP contribution in [0, 0.1) is 23.2 Å². The summed E-state index contributed by atoms with van der Waals surface area (Å²) in [7, 11) is 0. The van der Waals surface area contributed by atoms with Gasteiger partial charge in [0.1, 0.15) is 12.4 Å². The van der Waals surface area contributed by atoms with E-state index in [2.05, 4.69) is 14.9 Å². The standard InChI is InChI=1S/C20H27N3O2/c24-19(20-10-14-7-15(11-20)9-16(8-14)12-20)23-5-2-17(3-6-23)25-18-1-4-21-13-22-18/h1,4,13-17H,2-3,5-12H2. The summed E-state index contributed by atoms with van der Waals surface area (Å²) < 4.78 is 5.94. The SMILES string of the molecule is O=C(N1CCC(Oc2ccncn2)CC1)C12CC3CC(CC(C3)C1)C2. The van der Waals surface area contributed by atoms with Crippen molar-refractivity contribution in [2.24, 2.45) is 23.2 Å². The van der Waals surface area contributed by atoms with E-state index >= 15 is 0 Å². The van der Waals surface area contributed by atoms with Crippen molar-refractivity contribution in [3.63, 3.8) is 0 Å². The van der Waals surface area contributed by atoms with Gasteiger partial charge in [0.15, 0.2) is 0 Å². The van der Waals surface area contributed by atoms with E-state index in [-0.39, 0.29) is 11.5 Å². The molecule has 5 fully saturated rings. The molecule has 0 radical (unpaired) electrons. The first kappa shape index (κ1) is 15.6. The van der Waals surface area contributed by atoms with Crippen molar-refractivity contribution < 1.29 is 9.53 Å². The summed E-state index contributed by atoms with van der Waals surface area (Å²) >= 11 is 0. The fourth-order valence-corrected chi connectivity index (χ4v) is 6.40. The number of aromatic nitrogens is 2. The Labute approximate surface area is 149 Å². The second kappa shape index (κ2) is 5.96. The smallest absolute Gasteiger partial charge is 0.228 e. The summed E-state index contributed by atoms with van der Waals surface area (Å²) in [6, 6.07) is 1.80. The molecule has 5 nitrogen and oxygen atoms in total. The molecule has 0 unspecified atom stereocenters. The highest BCUT2D eigenvalue weighted by Crippen LogP contribution is 2.60. The number of hydrogen-bond donors (Lipinski definition) is 0. The van der Waals surface area contributed by atoms with Crippen molar-refractivity contribution in [2.75, 3.05) is 13.1 Å². The van der Waals surface area contributed by atoms with E-state index in [0.717, 1.165) is 62.9 Å². The van der Waals surface area contributed by atoms with E-state index in [1.165, 1.54) is 25.6 Å². The van der Waals surface area contributed by atoms with Gasteiger partial charge in [0, 0.05) is 38.2 Å². The number of piperidine rings is 1. The van der Waals surface area contributed by atoms with Gasteiger partial charge in [-0.05, 0) is 56.3 Å². The maximum Gasteiger partial charge on any atom is 0.228 e. The van der Waals surface area contributed by atoms with Crippen LogP contribution in [0.5, 0.6) is 5.88 Å². The van der Waals surface area contributed by atoms with Gasteiger partial charge in [-0.1, -0.05) is 0 Å². The molecule has 4 saturated carbocycles. The lowest BCUT2D eigenvalue weighted by atomic mass is 9.49. The lowest BCUT2D eigenvalue weighted by molar-refractivity contribution is -0.159. The van der Waals surface area contributed by atoms with Crippen LogP contribution >= 0.6 is 0 Å². The normalized spacial score (nSPS) is 37.3. The number of likely N-dealkylation sites (tertiary alicyclic amines) is 1. The molecule has 2 heterocycles. The molecule has 25 heavy (non-hydrogen) atoms. The Hall–Kier alpha value is -1.65. The van der Waals surface area contributed by atoms with Crippen LogP contribution in [0.2, 0.25) is 0 Å². The Morgan fingerprint density at radius 2 is 1.72 bits per heavy atom. The Morgan fingerprint density at radius 3 is 2.28 bits per heavy atom. The van der Waals surface area contributed by atoms with Crippen LogP contribution in [-0.2, 0) is 4.79 Å². The summed E-state index contributed by atoms with van der Waals surface area (Å²) in [5.74, 6) is 3.59. The lowest BCUT2D eigenvalue weighted by Crippen LogP contribution is -2.56. The molecule has 5 heteroatoms. The number of nitrogens with zero attached hydrogens (tertiary/aromatic N) is 3. The zero-order valence-corrected chi connectivity index (χ0v) is 14.8. The predicted molar refractivity (Wildman–Crippen MR) is 92.9 cm³/mol. The zero-order chi connectivity index (χ0) is 16.9. The first-order valence-electron chi connectivity index (χ1n) is 9.92. The minimum absolute atomic E-state index is 0.00486. The van der Waals surface area contributed by atoms with E-state index in [1.54, 1.807) is 12.3 Å². The summed E-state index contributed by atoms with van der Waals surface area (Å²) in [4.78, 5) is 23.6. The summed E-state index contributed by atoms with van der Waals surface area (Å²) in [5.41, 5.74) is -0.00486. The van der Waals surface area contributed by atoms with E-state index in [1.807, 2.05) is 0 Å². The average Bonchev–Trinajstić information content (AvgIpc) is 2.61. The third-order valence-electron chi connectivity index (χ3n) is 7.06. The van der Waals surface area contributed by atoms with E-state index in [0.29, 0.717) is 11.8 Å². The van der Waals surface area contributed by atoms with Gasteiger partial charge in [0.2, 0.25) is 11.8 Å². The van der Waals surface area contributed by atoms with Crippen LogP contribution in [0.3, 0.4) is 0 Å². The maximum atomic E-state index is 13.4. The molecular weight excluding hydrogens is 314 g/mol. The molecule has 1 aromatic rings. The van der Waals surface area contributed by atoms with Crippen molar-refractivity contribution in [1.29, 1.82) is 0 Å². The van der Waals surface area contributed by atoms with Crippen LogP contribution in [0.1, 0.15) is 51.4 Å². The Kier molecular flexibility index (Phi) is 3.72. The molecule has 1 amide bonds. The predicted octanol–water partition coefficient (Wildman–Crippen LogP) is 3.06. The summed E-state index contributed by atoms with van der Waals surface area (Å²) in [6.45, 7) is 1.66. The van der Waals surface area contributed by atoms with Gasteiger partial charge in [0.05, 0.1) is 5.41 Å². The van der Waals surface area contributed by atoms with Crippen LogP contribution in [0.15, 0.2) is 18.6 Å². The molecule has 4 bridgehead atoms. The lowest BCUT2D eigenvalue weighted by Gasteiger charge is -2.57. The van der Waals surface area contributed by atoms with Crippen LogP contribution in [0.25, 0.3) is 0 Å². The highest BCUT2D eigenvalue weighted by atomic mass is 16.5. The van der Waals surface area contributed by atoms with Crippen molar-refractivity contribution in [3.8, 4) is 5.88 Å². The second-order valence-electron chi connectivity index (χ2n) is 8.85. The minimum atomic E-state index is -0.00486. The Bertz CT molecular complexity index is 604. The molecule has 1 saturated heterocycles. The van der Waals surface area contributed by atoms with Gasteiger partial charge in [0.25, 0.3) is 0 Å². The maximum absolute atomic E-state index is 13.4. The quantitative estimate of drug-likeness (QED) is 0.848. The number of carbonyl (C=O) groups is 1. The molecule has 0 atom stereocenters. The summed E-state index contributed by atoms with van der Waals surface area (Å²) in [6.07, 6.45) is 12.8. The highest BCUT2D eigenvalue weighted by Gasteiger charge is 2.55. The molecule has 4 aliphatic carbocycles. The fraction of sp³-hybridized carbons (Fsp3) is 0.750. The molecule has 134 valence electrons. The number of ether oxygens (including phenoxy) is 1. The van der Waals surface area contributed by atoms with Crippen LogP contribution in [0.4, 0.5) is 0 Å². The molecule has 1 aromatic heterocycles. The Balaban J connectivity index is 1.22. The van der Waals surface area contributed by atoms with Gasteiger partial charge >= 0.3 is 0 Å². The van der Waals surface area contributed by atoms with Crippen molar-refractivity contribution in [3.05, 3.63) is 18.6 Å². The highest BCUT2D eigenvalue weighted by molar-refractivity contribution is 5.83. The Morgan fingerprint density at radius 1 is 1.08 bits per heavy atom. The van der Waals surface area contributed by atoms with Gasteiger partial charge < -0.3 is 9.64 Å². The molecule has 0 N–H and O–H groups in total. The topological polar surface area (TPSA) is 55.3 Å². The largest absolute Gasteiger partial charge is 0.474 e. The fourth-order valence-electron chi connectivity index (χ4n) is 6.40. The third-order valence-corrected chi connectivity index (χ3v) is 7.06. The third kappa shape index (κ3) is 2.81. The second-order valence-corrected chi connectivity index (χ2v) is 8.85. The monoisotopic (exact) mass is 341 g/mol. The van der Waals surface area contributed by atoms with E-state index < -0.39 is 0 Å². The van der Waals surface area contributed by atoms with Gasteiger partial charge in [-0.15, -0.1) is 0 Å². The first-order chi connectivity index (χ1) is 12.2. The van der Waals surface area contributed by atoms with E-state index in [9.17, 15) is 4.79 Å². The van der Waals surface area contributed by atoms with Crippen LogP contribution < -0.4 is 4.74 Å². The van der Waals surface area contributed by atoms with Crippen molar-refractivity contribution >= 4 is 5.91 Å².